The molecule has 0 aliphatic heterocycles. The van der Waals surface area contributed by atoms with E-state index in [0.29, 0.717) is 0 Å². The summed E-state index contributed by atoms with van der Waals surface area (Å²) in [5.74, 6) is 0.160. The Hall–Kier alpha value is -2.00. The van der Waals surface area contributed by atoms with Crippen molar-refractivity contribution in [3.05, 3.63) is 59.2 Å². The highest BCUT2D eigenvalue weighted by atomic mass is 16.3. The minimum absolute atomic E-state index is 0.0318. The molecule has 0 aliphatic rings. The molecular formula is C17H21NO2. The van der Waals surface area contributed by atoms with Crippen molar-refractivity contribution < 1.29 is 10.2 Å². The lowest BCUT2D eigenvalue weighted by atomic mass is 10.0. The normalized spacial score (nSPS) is 13.9. The smallest absolute Gasteiger partial charge is 0.119 e. The Balaban J connectivity index is 2.10. The summed E-state index contributed by atoms with van der Waals surface area (Å²) in [5, 5.41) is 22.5. The first-order valence-corrected chi connectivity index (χ1v) is 6.81. The maximum absolute atomic E-state index is 9.54. The standard InChI is InChI=1S/C17H21NO2/c1-11-4-6-14(7-5-11)12(2)18-13(3)15-8-16(19)10-17(20)9-15/h4-10,12-13,18-20H,1-3H3/t12-,13?/m0/s1. The summed E-state index contributed by atoms with van der Waals surface area (Å²) in [6, 6.07) is 13.3. The first-order chi connectivity index (χ1) is 9.45. The van der Waals surface area contributed by atoms with Gasteiger partial charge in [0.25, 0.3) is 0 Å². The van der Waals surface area contributed by atoms with Crippen LogP contribution < -0.4 is 5.32 Å². The van der Waals surface area contributed by atoms with Gasteiger partial charge in [0, 0.05) is 18.2 Å². The van der Waals surface area contributed by atoms with Crippen molar-refractivity contribution in [3.63, 3.8) is 0 Å². The number of phenols is 2. The van der Waals surface area contributed by atoms with E-state index < -0.39 is 0 Å². The molecule has 2 rings (SSSR count). The van der Waals surface area contributed by atoms with E-state index in [1.54, 1.807) is 12.1 Å². The van der Waals surface area contributed by atoms with Gasteiger partial charge in [0.15, 0.2) is 0 Å². The van der Waals surface area contributed by atoms with Crippen LogP contribution in [0.5, 0.6) is 11.5 Å². The lowest BCUT2D eigenvalue weighted by Gasteiger charge is -2.21. The third kappa shape index (κ3) is 3.52. The summed E-state index contributed by atoms with van der Waals surface area (Å²) in [6.45, 7) is 6.18. The van der Waals surface area contributed by atoms with E-state index >= 15 is 0 Å². The van der Waals surface area contributed by atoms with E-state index in [9.17, 15) is 10.2 Å². The number of benzene rings is 2. The third-order valence-corrected chi connectivity index (χ3v) is 3.50. The van der Waals surface area contributed by atoms with Crippen LogP contribution in [0.3, 0.4) is 0 Å². The zero-order valence-electron chi connectivity index (χ0n) is 12.1. The van der Waals surface area contributed by atoms with Crippen LogP contribution in [-0.2, 0) is 0 Å². The first kappa shape index (κ1) is 14.4. The van der Waals surface area contributed by atoms with Gasteiger partial charge in [0.1, 0.15) is 11.5 Å². The van der Waals surface area contributed by atoms with E-state index in [0.717, 1.165) is 5.56 Å². The van der Waals surface area contributed by atoms with Gasteiger partial charge in [-0.25, -0.2) is 0 Å². The van der Waals surface area contributed by atoms with Gasteiger partial charge >= 0.3 is 0 Å². The minimum Gasteiger partial charge on any atom is -0.508 e. The van der Waals surface area contributed by atoms with Crippen molar-refractivity contribution in [2.24, 2.45) is 0 Å². The fraction of sp³-hybridized carbons (Fsp3) is 0.294. The van der Waals surface area contributed by atoms with Gasteiger partial charge in [-0.05, 0) is 44.0 Å². The predicted octanol–water partition coefficient (Wildman–Crippen LogP) is 3.82. The summed E-state index contributed by atoms with van der Waals surface area (Å²) in [7, 11) is 0. The topological polar surface area (TPSA) is 52.5 Å². The van der Waals surface area contributed by atoms with Gasteiger partial charge in [-0.15, -0.1) is 0 Å². The summed E-state index contributed by atoms with van der Waals surface area (Å²) >= 11 is 0. The molecule has 0 bridgehead atoms. The molecule has 0 aromatic heterocycles. The molecule has 0 heterocycles. The SMILES string of the molecule is Cc1ccc([C@H](C)NC(C)c2cc(O)cc(O)c2)cc1. The highest BCUT2D eigenvalue weighted by Gasteiger charge is 2.12. The number of nitrogens with one attached hydrogen (secondary N) is 1. The Kier molecular flexibility index (Phi) is 4.30. The molecule has 2 aromatic rings. The van der Waals surface area contributed by atoms with Gasteiger partial charge in [-0.3, -0.25) is 0 Å². The van der Waals surface area contributed by atoms with Crippen molar-refractivity contribution in [3.8, 4) is 11.5 Å². The molecule has 3 N–H and O–H groups in total. The molecular weight excluding hydrogens is 250 g/mol. The van der Waals surface area contributed by atoms with Crippen molar-refractivity contribution in [1.29, 1.82) is 0 Å². The zero-order chi connectivity index (χ0) is 14.7. The molecule has 0 aliphatic carbocycles. The molecule has 2 atom stereocenters. The molecule has 0 spiro atoms. The Morgan fingerprint density at radius 1 is 0.800 bits per heavy atom. The van der Waals surface area contributed by atoms with Crippen molar-refractivity contribution in [2.75, 3.05) is 0 Å². The monoisotopic (exact) mass is 271 g/mol. The first-order valence-electron chi connectivity index (χ1n) is 6.81. The van der Waals surface area contributed by atoms with E-state index in [4.69, 9.17) is 0 Å². The number of rotatable bonds is 4. The van der Waals surface area contributed by atoms with Crippen LogP contribution in [0.4, 0.5) is 0 Å². The molecule has 2 aromatic carbocycles. The second kappa shape index (κ2) is 5.97. The van der Waals surface area contributed by atoms with Crippen molar-refractivity contribution in [1.82, 2.24) is 5.32 Å². The Morgan fingerprint density at radius 2 is 1.30 bits per heavy atom. The second-order valence-corrected chi connectivity index (χ2v) is 5.30. The maximum Gasteiger partial charge on any atom is 0.119 e. The largest absolute Gasteiger partial charge is 0.508 e. The zero-order valence-corrected chi connectivity index (χ0v) is 12.1. The van der Waals surface area contributed by atoms with Crippen LogP contribution in [0.15, 0.2) is 42.5 Å². The number of phenolic OH excluding ortho intramolecular Hbond substituents is 2. The molecule has 3 heteroatoms. The quantitative estimate of drug-likeness (QED) is 0.792. The van der Waals surface area contributed by atoms with Gasteiger partial charge in [0.05, 0.1) is 0 Å². The maximum atomic E-state index is 9.54. The van der Waals surface area contributed by atoms with Crippen LogP contribution in [0.2, 0.25) is 0 Å². The Morgan fingerprint density at radius 3 is 1.85 bits per heavy atom. The van der Waals surface area contributed by atoms with Gasteiger partial charge in [-0.2, -0.15) is 0 Å². The molecule has 3 nitrogen and oxygen atoms in total. The van der Waals surface area contributed by atoms with Crippen LogP contribution in [0, 0.1) is 6.92 Å². The summed E-state index contributed by atoms with van der Waals surface area (Å²) in [6.07, 6.45) is 0. The summed E-state index contributed by atoms with van der Waals surface area (Å²) in [5.41, 5.74) is 3.32. The van der Waals surface area contributed by atoms with Gasteiger partial charge < -0.3 is 15.5 Å². The average Bonchev–Trinajstić information content (AvgIpc) is 2.38. The van der Waals surface area contributed by atoms with Crippen LogP contribution in [0.1, 0.15) is 42.6 Å². The highest BCUT2D eigenvalue weighted by Crippen LogP contribution is 2.26. The van der Waals surface area contributed by atoms with Crippen LogP contribution in [0.25, 0.3) is 0 Å². The number of hydrogen-bond donors (Lipinski definition) is 3. The van der Waals surface area contributed by atoms with Crippen LogP contribution in [-0.4, -0.2) is 10.2 Å². The van der Waals surface area contributed by atoms with E-state index in [1.165, 1.54) is 17.2 Å². The van der Waals surface area contributed by atoms with Gasteiger partial charge in [-0.1, -0.05) is 29.8 Å². The van der Waals surface area contributed by atoms with E-state index in [2.05, 4.69) is 43.4 Å². The predicted molar refractivity (Wildman–Crippen MR) is 80.9 cm³/mol. The number of aromatic hydroxyl groups is 2. The minimum atomic E-state index is 0.0318. The second-order valence-electron chi connectivity index (χ2n) is 5.30. The molecule has 0 fully saturated rings. The highest BCUT2D eigenvalue weighted by molar-refractivity contribution is 5.38. The lowest BCUT2D eigenvalue weighted by molar-refractivity contribution is 0.442. The fourth-order valence-electron chi connectivity index (χ4n) is 2.29. The Bertz CT molecular complexity index is 558. The molecule has 1 unspecified atom stereocenters. The fourth-order valence-corrected chi connectivity index (χ4v) is 2.29. The van der Waals surface area contributed by atoms with Gasteiger partial charge in [0.2, 0.25) is 0 Å². The molecule has 0 radical (unpaired) electrons. The number of aryl methyl sites for hydroxylation is 1. The van der Waals surface area contributed by atoms with E-state index in [-0.39, 0.29) is 23.6 Å². The summed E-state index contributed by atoms with van der Waals surface area (Å²) < 4.78 is 0. The molecule has 0 amide bonds. The summed E-state index contributed by atoms with van der Waals surface area (Å²) in [4.78, 5) is 0. The lowest BCUT2D eigenvalue weighted by Crippen LogP contribution is -2.22. The number of hydrogen-bond acceptors (Lipinski definition) is 3. The molecule has 0 saturated carbocycles. The average molecular weight is 271 g/mol. The Labute approximate surface area is 119 Å². The molecule has 0 saturated heterocycles. The van der Waals surface area contributed by atoms with Crippen molar-refractivity contribution in [2.45, 2.75) is 32.9 Å². The van der Waals surface area contributed by atoms with E-state index in [1.807, 2.05) is 6.92 Å². The van der Waals surface area contributed by atoms with Crippen molar-refractivity contribution >= 4 is 0 Å². The molecule has 106 valence electrons. The molecule has 20 heavy (non-hydrogen) atoms. The third-order valence-electron chi connectivity index (χ3n) is 3.50. The van der Waals surface area contributed by atoms with Crippen LogP contribution >= 0.6 is 0 Å².